The lowest BCUT2D eigenvalue weighted by Crippen LogP contribution is -2.45. The number of rotatable bonds is 7. The van der Waals surface area contributed by atoms with Gasteiger partial charge >= 0.3 is 6.03 Å². The van der Waals surface area contributed by atoms with Crippen LogP contribution in [0.15, 0.2) is 18.2 Å². The maximum atomic E-state index is 13.0. The molecular weight excluding hydrogens is 374 g/mol. The first-order valence-corrected chi connectivity index (χ1v) is 10.0. The first kappa shape index (κ1) is 21.0. The van der Waals surface area contributed by atoms with E-state index in [0.717, 1.165) is 17.7 Å². The topological polar surface area (TPSA) is 97.0 Å². The summed E-state index contributed by atoms with van der Waals surface area (Å²) in [6.45, 7) is 8.39. The molecule has 0 unspecified atom stereocenters. The van der Waals surface area contributed by atoms with Crippen LogP contribution in [0.4, 0.5) is 4.79 Å². The fraction of sp³-hybridized carbons (Fsp3) is 0.571. The fourth-order valence-corrected chi connectivity index (χ4v) is 3.51. The zero-order valence-corrected chi connectivity index (χ0v) is 17.4. The number of fused-ring (bicyclic) bond motifs is 1. The number of hydrogen-bond donors (Lipinski definition) is 2. The minimum atomic E-state index is -1.27. The maximum absolute atomic E-state index is 13.0. The summed E-state index contributed by atoms with van der Waals surface area (Å²) in [5, 5.41) is 5.58. The third-order valence-electron chi connectivity index (χ3n) is 5.28. The van der Waals surface area contributed by atoms with E-state index in [2.05, 4.69) is 24.5 Å². The predicted octanol–water partition coefficient (Wildman–Crippen LogP) is 2.17. The lowest BCUT2D eigenvalue weighted by molar-refractivity contribution is -0.135. The Labute approximate surface area is 170 Å². The van der Waals surface area contributed by atoms with E-state index in [1.807, 2.05) is 6.92 Å². The Balaban J connectivity index is 1.68. The Hall–Kier alpha value is -2.77. The molecule has 8 nitrogen and oxygen atoms in total. The minimum Gasteiger partial charge on any atom is -0.486 e. The second-order valence-electron chi connectivity index (χ2n) is 8.24. The van der Waals surface area contributed by atoms with Gasteiger partial charge in [0.2, 0.25) is 5.91 Å². The van der Waals surface area contributed by atoms with Crippen LogP contribution in [0, 0.1) is 5.92 Å². The number of imide groups is 1. The van der Waals surface area contributed by atoms with Crippen molar-refractivity contribution >= 4 is 17.8 Å². The van der Waals surface area contributed by atoms with E-state index in [9.17, 15) is 14.4 Å². The molecule has 0 radical (unpaired) electrons. The van der Waals surface area contributed by atoms with Crippen LogP contribution in [0.2, 0.25) is 0 Å². The Morgan fingerprint density at radius 2 is 1.86 bits per heavy atom. The zero-order valence-electron chi connectivity index (χ0n) is 17.4. The van der Waals surface area contributed by atoms with Crippen LogP contribution >= 0.6 is 0 Å². The molecule has 4 amide bonds. The van der Waals surface area contributed by atoms with Gasteiger partial charge in [0.25, 0.3) is 5.91 Å². The van der Waals surface area contributed by atoms with Gasteiger partial charge in [0.15, 0.2) is 11.5 Å². The molecule has 1 fully saturated rings. The number of benzene rings is 1. The standard InChI is InChI=1S/C21H29N3O5/c1-13(2)5-6-14(3)22-18(25)12-24-19(26)21(4,23-20(24)27)15-7-8-16-17(11-15)29-10-9-28-16/h7-8,11,13-14H,5-6,9-10,12H2,1-4H3,(H,22,25)(H,23,27)/t14-,21+/m1/s1. The van der Waals surface area contributed by atoms with Crippen molar-refractivity contribution in [1.82, 2.24) is 15.5 Å². The van der Waals surface area contributed by atoms with Gasteiger partial charge in [-0.3, -0.25) is 14.5 Å². The third-order valence-corrected chi connectivity index (χ3v) is 5.28. The van der Waals surface area contributed by atoms with Gasteiger partial charge in [-0.1, -0.05) is 19.9 Å². The summed E-state index contributed by atoms with van der Waals surface area (Å²) in [7, 11) is 0. The van der Waals surface area contributed by atoms with Crippen LogP contribution in [0.5, 0.6) is 11.5 Å². The van der Waals surface area contributed by atoms with Crippen molar-refractivity contribution in [3.8, 4) is 11.5 Å². The van der Waals surface area contributed by atoms with Gasteiger partial charge in [0.1, 0.15) is 25.3 Å². The van der Waals surface area contributed by atoms with E-state index >= 15 is 0 Å². The molecule has 3 rings (SSSR count). The quantitative estimate of drug-likeness (QED) is 0.680. The van der Waals surface area contributed by atoms with Crippen LogP contribution in [0.25, 0.3) is 0 Å². The van der Waals surface area contributed by atoms with Crippen molar-refractivity contribution in [3.05, 3.63) is 23.8 Å². The first-order chi connectivity index (χ1) is 13.7. The summed E-state index contributed by atoms with van der Waals surface area (Å²) in [5.41, 5.74) is -0.690. The highest BCUT2D eigenvalue weighted by molar-refractivity contribution is 6.09. The minimum absolute atomic E-state index is 0.0187. The highest BCUT2D eigenvalue weighted by atomic mass is 16.6. The summed E-state index contributed by atoms with van der Waals surface area (Å²) in [4.78, 5) is 38.8. The molecule has 2 atom stereocenters. The maximum Gasteiger partial charge on any atom is 0.325 e. The smallest absolute Gasteiger partial charge is 0.325 e. The Kier molecular flexibility index (Phi) is 6.00. The summed E-state index contributed by atoms with van der Waals surface area (Å²) < 4.78 is 11.1. The SMILES string of the molecule is CC(C)CC[C@@H](C)NC(=O)CN1C(=O)N[C@@](C)(c2ccc3c(c2)OCCO3)C1=O. The number of hydrogen-bond acceptors (Lipinski definition) is 5. The van der Waals surface area contributed by atoms with E-state index in [1.54, 1.807) is 25.1 Å². The Bertz CT molecular complexity index is 810. The fourth-order valence-electron chi connectivity index (χ4n) is 3.51. The Morgan fingerprint density at radius 1 is 1.17 bits per heavy atom. The predicted molar refractivity (Wildman–Crippen MR) is 107 cm³/mol. The molecule has 0 aliphatic carbocycles. The monoisotopic (exact) mass is 403 g/mol. The van der Waals surface area contributed by atoms with Crippen molar-refractivity contribution in [3.63, 3.8) is 0 Å². The van der Waals surface area contributed by atoms with Crippen LogP contribution in [-0.4, -0.2) is 48.5 Å². The van der Waals surface area contributed by atoms with Crippen molar-refractivity contribution in [2.75, 3.05) is 19.8 Å². The van der Waals surface area contributed by atoms with Gasteiger partial charge in [-0.05, 0) is 50.3 Å². The lowest BCUT2D eigenvalue weighted by atomic mass is 9.91. The Morgan fingerprint density at radius 3 is 2.55 bits per heavy atom. The second kappa shape index (κ2) is 8.31. The first-order valence-electron chi connectivity index (χ1n) is 10.0. The van der Waals surface area contributed by atoms with Crippen molar-refractivity contribution in [2.24, 2.45) is 5.92 Å². The van der Waals surface area contributed by atoms with Gasteiger partial charge in [0.05, 0.1) is 0 Å². The molecule has 0 saturated carbocycles. The molecule has 2 N–H and O–H groups in total. The second-order valence-corrected chi connectivity index (χ2v) is 8.24. The van der Waals surface area contributed by atoms with Gasteiger partial charge in [0, 0.05) is 6.04 Å². The highest BCUT2D eigenvalue weighted by Crippen LogP contribution is 2.36. The van der Waals surface area contributed by atoms with Crippen LogP contribution < -0.4 is 20.1 Å². The van der Waals surface area contributed by atoms with Crippen molar-refractivity contribution < 1.29 is 23.9 Å². The molecule has 1 aromatic carbocycles. The van der Waals surface area contributed by atoms with E-state index in [1.165, 1.54) is 0 Å². The van der Waals surface area contributed by atoms with Crippen molar-refractivity contribution in [2.45, 2.75) is 52.1 Å². The van der Waals surface area contributed by atoms with E-state index in [4.69, 9.17) is 9.47 Å². The molecule has 2 heterocycles. The number of amides is 4. The van der Waals surface area contributed by atoms with Gasteiger partial charge < -0.3 is 20.1 Å². The van der Waals surface area contributed by atoms with Crippen LogP contribution in [0.3, 0.4) is 0 Å². The summed E-state index contributed by atoms with van der Waals surface area (Å²) in [6, 6.07) is 4.54. The normalized spacial score (nSPS) is 21.9. The average molecular weight is 403 g/mol. The number of carbonyl (C=O) groups is 3. The largest absolute Gasteiger partial charge is 0.486 e. The number of nitrogens with zero attached hydrogens (tertiary/aromatic N) is 1. The molecule has 2 aliphatic heterocycles. The molecule has 8 heteroatoms. The van der Waals surface area contributed by atoms with Gasteiger partial charge in [-0.25, -0.2) is 4.79 Å². The van der Waals surface area contributed by atoms with Crippen LogP contribution in [0.1, 0.15) is 46.1 Å². The average Bonchev–Trinajstić information content (AvgIpc) is 2.90. The van der Waals surface area contributed by atoms with Gasteiger partial charge in [-0.15, -0.1) is 0 Å². The number of carbonyl (C=O) groups excluding carboxylic acids is 3. The molecule has 1 aromatic rings. The molecule has 1 saturated heterocycles. The molecule has 158 valence electrons. The van der Waals surface area contributed by atoms with Gasteiger partial charge in [-0.2, -0.15) is 0 Å². The van der Waals surface area contributed by atoms with E-state index in [0.29, 0.717) is 36.2 Å². The number of urea groups is 1. The lowest BCUT2D eigenvalue weighted by Gasteiger charge is -2.25. The number of nitrogens with one attached hydrogen (secondary N) is 2. The summed E-state index contributed by atoms with van der Waals surface area (Å²) >= 11 is 0. The third kappa shape index (κ3) is 4.46. The van der Waals surface area contributed by atoms with E-state index < -0.39 is 17.5 Å². The summed E-state index contributed by atoms with van der Waals surface area (Å²) in [6.07, 6.45) is 1.84. The van der Waals surface area contributed by atoms with E-state index in [-0.39, 0.29) is 18.5 Å². The molecule has 2 aliphatic rings. The molecule has 0 aromatic heterocycles. The molecule has 0 spiro atoms. The molecule has 0 bridgehead atoms. The number of ether oxygens (including phenoxy) is 2. The van der Waals surface area contributed by atoms with Crippen molar-refractivity contribution in [1.29, 1.82) is 0 Å². The molecule has 29 heavy (non-hydrogen) atoms. The summed E-state index contributed by atoms with van der Waals surface area (Å²) in [5.74, 6) is 0.867. The molecular formula is C21H29N3O5. The van der Waals surface area contributed by atoms with Crippen LogP contribution in [-0.2, 0) is 15.1 Å². The highest BCUT2D eigenvalue weighted by Gasteiger charge is 2.49. The zero-order chi connectivity index (χ0) is 21.2.